The van der Waals surface area contributed by atoms with Crippen LogP contribution in [0.2, 0.25) is 5.02 Å². The van der Waals surface area contributed by atoms with E-state index >= 15 is 0 Å². The molecule has 0 saturated carbocycles. The van der Waals surface area contributed by atoms with Crippen LogP contribution in [0.15, 0.2) is 47.5 Å². The van der Waals surface area contributed by atoms with Gasteiger partial charge in [-0.25, -0.2) is 4.99 Å². The van der Waals surface area contributed by atoms with Gasteiger partial charge < -0.3 is 25.4 Å². The van der Waals surface area contributed by atoms with Gasteiger partial charge in [-0.05, 0) is 36.8 Å². The summed E-state index contributed by atoms with van der Waals surface area (Å²) in [6, 6.07) is 13.3. The molecule has 4 rings (SSSR count). The van der Waals surface area contributed by atoms with Crippen LogP contribution in [0.4, 0.5) is 5.69 Å². The number of nitrogens with one attached hydrogen (secondary N) is 2. The average molecular weight is 443 g/mol. The lowest BCUT2D eigenvalue weighted by atomic mass is 9.98. The van der Waals surface area contributed by atoms with Crippen molar-refractivity contribution in [1.29, 1.82) is 0 Å². The molecule has 2 heterocycles. The maximum atomic E-state index is 12.5. The number of rotatable bonds is 5. The van der Waals surface area contributed by atoms with Gasteiger partial charge in [-0.2, -0.15) is 0 Å². The summed E-state index contributed by atoms with van der Waals surface area (Å²) in [4.78, 5) is 19.7. The fourth-order valence-electron chi connectivity index (χ4n) is 3.88. The summed E-state index contributed by atoms with van der Waals surface area (Å²) in [5.41, 5.74) is 1.60. The number of ether oxygens (including phenoxy) is 1. The molecule has 2 aromatic carbocycles. The van der Waals surface area contributed by atoms with Crippen LogP contribution < -0.4 is 15.4 Å². The minimum Gasteiger partial charge on any atom is -0.454 e. The standard InChI is InChI=1S/C23H27ClN4O3/c1-15(23(30)26-9-4-12-29)19-14-28(11-10-25-19)22-17-5-2-3-6-20(17)31-21-8-7-16(24)13-18(21)27-22/h2-3,5-8,13,15,19,25,29H,4,9-12,14H2,1H3,(H,26,30)/t15-,19+/m0/s1. The highest BCUT2D eigenvalue weighted by Gasteiger charge is 2.31. The minimum absolute atomic E-state index is 0.0172. The molecule has 164 valence electrons. The second-order valence-corrected chi connectivity index (χ2v) is 8.25. The third-order valence-corrected chi connectivity index (χ3v) is 5.89. The lowest BCUT2D eigenvalue weighted by molar-refractivity contribution is -0.125. The summed E-state index contributed by atoms with van der Waals surface area (Å²) >= 11 is 6.22. The van der Waals surface area contributed by atoms with Crippen molar-refractivity contribution in [2.75, 3.05) is 32.8 Å². The largest absolute Gasteiger partial charge is 0.454 e. The molecule has 2 aliphatic heterocycles. The summed E-state index contributed by atoms with van der Waals surface area (Å²) in [6.45, 7) is 4.61. The van der Waals surface area contributed by atoms with Crippen molar-refractivity contribution in [3.8, 4) is 11.5 Å². The summed E-state index contributed by atoms with van der Waals surface area (Å²) in [5.74, 6) is 1.98. The van der Waals surface area contributed by atoms with Gasteiger partial charge in [0.05, 0.1) is 11.5 Å². The van der Waals surface area contributed by atoms with Gasteiger partial charge in [-0.3, -0.25) is 4.79 Å². The van der Waals surface area contributed by atoms with Crippen LogP contribution in [0.1, 0.15) is 18.9 Å². The molecule has 31 heavy (non-hydrogen) atoms. The minimum atomic E-state index is -0.221. The van der Waals surface area contributed by atoms with Crippen molar-refractivity contribution >= 4 is 29.0 Å². The maximum Gasteiger partial charge on any atom is 0.224 e. The van der Waals surface area contributed by atoms with E-state index in [0.717, 1.165) is 30.2 Å². The Morgan fingerprint density at radius 1 is 1.35 bits per heavy atom. The average Bonchev–Trinajstić information content (AvgIpc) is 2.95. The van der Waals surface area contributed by atoms with E-state index in [1.54, 1.807) is 12.1 Å². The predicted molar refractivity (Wildman–Crippen MR) is 121 cm³/mol. The van der Waals surface area contributed by atoms with Crippen molar-refractivity contribution in [3.05, 3.63) is 53.1 Å². The van der Waals surface area contributed by atoms with E-state index in [1.807, 2.05) is 37.3 Å². The summed E-state index contributed by atoms with van der Waals surface area (Å²) in [7, 11) is 0. The van der Waals surface area contributed by atoms with E-state index in [-0.39, 0.29) is 24.5 Å². The lowest BCUT2D eigenvalue weighted by Gasteiger charge is -2.38. The molecular weight excluding hydrogens is 416 g/mol. The van der Waals surface area contributed by atoms with Gasteiger partial charge in [0.25, 0.3) is 0 Å². The molecule has 7 nitrogen and oxygen atoms in total. The van der Waals surface area contributed by atoms with Gasteiger partial charge in [0.15, 0.2) is 5.75 Å². The zero-order valence-electron chi connectivity index (χ0n) is 17.5. The summed E-state index contributed by atoms with van der Waals surface area (Å²) in [5, 5.41) is 15.9. The molecule has 0 bridgehead atoms. The normalized spacial score (nSPS) is 18.7. The van der Waals surface area contributed by atoms with E-state index in [0.29, 0.717) is 36.0 Å². The Labute approximate surface area is 187 Å². The monoisotopic (exact) mass is 442 g/mol. The van der Waals surface area contributed by atoms with Crippen LogP contribution in [-0.2, 0) is 4.79 Å². The molecule has 1 fully saturated rings. The van der Waals surface area contributed by atoms with Gasteiger partial charge in [0.1, 0.15) is 17.3 Å². The van der Waals surface area contributed by atoms with E-state index in [9.17, 15) is 4.79 Å². The fraction of sp³-hybridized carbons (Fsp3) is 0.391. The first-order valence-electron chi connectivity index (χ1n) is 10.6. The number of amides is 1. The first-order chi connectivity index (χ1) is 15.1. The fourth-order valence-corrected chi connectivity index (χ4v) is 4.04. The number of fused-ring (bicyclic) bond motifs is 2. The van der Waals surface area contributed by atoms with E-state index in [1.165, 1.54) is 0 Å². The Kier molecular flexibility index (Phi) is 6.75. The SMILES string of the molecule is C[C@H](C(=O)NCCCO)[C@H]1CN(C2=Nc3cc(Cl)ccc3Oc3ccccc32)CCN1. The van der Waals surface area contributed by atoms with E-state index in [4.69, 9.17) is 26.4 Å². The zero-order chi connectivity index (χ0) is 21.8. The molecule has 2 aromatic rings. The molecule has 2 atom stereocenters. The van der Waals surface area contributed by atoms with Gasteiger partial charge in [0.2, 0.25) is 5.91 Å². The van der Waals surface area contributed by atoms with E-state index in [2.05, 4.69) is 15.5 Å². The van der Waals surface area contributed by atoms with Gasteiger partial charge in [-0.15, -0.1) is 0 Å². The van der Waals surface area contributed by atoms with Crippen molar-refractivity contribution < 1.29 is 14.6 Å². The smallest absolute Gasteiger partial charge is 0.224 e. The third kappa shape index (κ3) is 4.84. The first kappa shape index (κ1) is 21.6. The van der Waals surface area contributed by atoms with Crippen molar-refractivity contribution in [3.63, 3.8) is 0 Å². The Morgan fingerprint density at radius 3 is 3.03 bits per heavy atom. The van der Waals surface area contributed by atoms with Crippen LogP contribution in [0, 0.1) is 5.92 Å². The summed E-state index contributed by atoms with van der Waals surface area (Å²) in [6.07, 6.45) is 0.554. The number of benzene rings is 2. The Morgan fingerprint density at radius 2 is 2.19 bits per heavy atom. The number of carbonyl (C=O) groups excluding carboxylic acids is 1. The second-order valence-electron chi connectivity index (χ2n) is 7.81. The molecular formula is C23H27ClN4O3. The highest BCUT2D eigenvalue weighted by Crippen LogP contribution is 2.39. The number of piperazine rings is 1. The van der Waals surface area contributed by atoms with Crippen LogP contribution in [0.25, 0.3) is 0 Å². The van der Waals surface area contributed by atoms with Crippen LogP contribution in [0.5, 0.6) is 11.5 Å². The number of nitrogens with zero attached hydrogens (tertiary/aromatic N) is 2. The second kappa shape index (κ2) is 9.68. The van der Waals surface area contributed by atoms with Crippen molar-refractivity contribution in [2.24, 2.45) is 10.9 Å². The Hall–Kier alpha value is -2.61. The molecule has 0 spiro atoms. The number of aliphatic hydroxyl groups is 1. The number of aliphatic hydroxyl groups excluding tert-OH is 1. The topological polar surface area (TPSA) is 86.2 Å². The number of carbonyl (C=O) groups is 1. The number of amidine groups is 1. The highest BCUT2D eigenvalue weighted by molar-refractivity contribution is 6.31. The number of hydrogen-bond acceptors (Lipinski definition) is 6. The van der Waals surface area contributed by atoms with Crippen LogP contribution >= 0.6 is 11.6 Å². The number of hydrogen-bond donors (Lipinski definition) is 3. The molecule has 8 heteroatoms. The van der Waals surface area contributed by atoms with Gasteiger partial charge in [-0.1, -0.05) is 30.7 Å². The molecule has 1 amide bonds. The molecule has 0 aliphatic carbocycles. The molecule has 0 radical (unpaired) electrons. The van der Waals surface area contributed by atoms with Crippen LogP contribution in [-0.4, -0.2) is 60.6 Å². The first-order valence-corrected chi connectivity index (χ1v) is 11.0. The number of halogens is 1. The number of para-hydroxylation sites is 1. The van der Waals surface area contributed by atoms with Gasteiger partial charge >= 0.3 is 0 Å². The highest BCUT2D eigenvalue weighted by atomic mass is 35.5. The lowest BCUT2D eigenvalue weighted by Crippen LogP contribution is -2.57. The van der Waals surface area contributed by atoms with E-state index < -0.39 is 0 Å². The van der Waals surface area contributed by atoms with Crippen molar-refractivity contribution in [1.82, 2.24) is 15.5 Å². The number of aliphatic imine (C=N–C) groups is 1. The molecule has 2 aliphatic rings. The quantitative estimate of drug-likeness (QED) is 0.620. The third-order valence-electron chi connectivity index (χ3n) is 5.65. The summed E-state index contributed by atoms with van der Waals surface area (Å²) < 4.78 is 6.15. The van der Waals surface area contributed by atoms with Crippen molar-refractivity contribution in [2.45, 2.75) is 19.4 Å². The zero-order valence-corrected chi connectivity index (χ0v) is 18.2. The predicted octanol–water partition coefficient (Wildman–Crippen LogP) is 2.93. The van der Waals surface area contributed by atoms with Crippen LogP contribution in [0.3, 0.4) is 0 Å². The molecule has 0 unspecified atom stereocenters. The van der Waals surface area contributed by atoms with Gasteiger partial charge in [0, 0.05) is 43.9 Å². The molecule has 3 N–H and O–H groups in total. The Balaban J connectivity index is 1.60. The Bertz CT molecular complexity index is 981. The molecule has 0 aromatic heterocycles. The maximum absolute atomic E-state index is 12.5. The molecule has 1 saturated heterocycles.